The Kier molecular flexibility index (Phi) is 5.32. The molecule has 1 aromatic rings. The topological polar surface area (TPSA) is 39.2 Å². The molecule has 0 aromatic carbocycles. The molecule has 1 unspecified atom stereocenters. The standard InChI is InChI=1S/C12H17NO2S/c1-9-5-4-6-11(13-9)8-16-10(2)7-12(14)15-3/h4-6,10H,7-8H2,1-3H3. The highest BCUT2D eigenvalue weighted by molar-refractivity contribution is 7.99. The minimum absolute atomic E-state index is 0.155. The van der Waals surface area contributed by atoms with Crippen LogP contribution in [0.15, 0.2) is 18.2 Å². The van der Waals surface area contributed by atoms with Gasteiger partial charge in [-0.05, 0) is 19.1 Å². The number of aryl methyl sites for hydroxylation is 1. The van der Waals surface area contributed by atoms with Gasteiger partial charge in [0.1, 0.15) is 0 Å². The smallest absolute Gasteiger partial charge is 0.306 e. The van der Waals surface area contributed by atoms with Crippen molar-refractivity contribution >= 4 is 17.7 Å². The van der Waals surface area contributed by atoms with Crippen molar-refractivity contribution in [2.75, 3.05) is 7.11 Å². The first kappa shape index (κ1) is 13.0. The lowest BCUT2D eigenvalue weighted by atomic mass is 10.3. The average molecular weight is 239 g/mol. The number of esters is 1. The molecule has 0 saturated heterocycles. The van der Waals surface area contributed by atoms with E-state index in [-0.39, 0.29) is 11.2 Å². The number of pyridine rings is 1. The van der Waals surface area contributed by atoms with Crippen molar-refractivity contribution in [2.24, 2.45) is 0 Å². The summed E-state index contributed by atoms with van der Waals surface area (Å²) in [5, 5.41) is 0.259. The van der Waals surface area contributed by atoms with Crippen LogP contribution < -0.4 is 0 Å². The lowest BCUT2D eigenvalue weighted by Crippen LogP contribution is -2.08. The molecule has 0 bridgehead atoms. The third-order valence-electron chi connectivity index (χ3n) is 2.14. The number of ether oxygens (including phenoxy) is 1. The first-order valence-corrected chi connectivity index (χ1v) is 6.27. The lowest BCUT2D eigenvalue weighted by Gasteiger charge is -2.09. The molecule has 0 aliphatic rings. The van der Waals surface area contributed by atoms with Crippen molar-refractivity contribution in [3.63, 3.8) is 0 Å². The van der Waals surface area contributed by atoms with Gasteiger partial charge < -0.3 is 4.74 Å². The number of rotatable bonds is 5. The summed E-state index contributed by atoms with van der Waals surface area (Å²) < 4.78 is 4.62. The molecule has 88 valence electrons. The summed E-state index contributed by atoms with van der Waals surface area (Å²) in [5.41, 5.74) is 2.08. The number of hydrogen-bond donors (Lipinski definition) is 0. The third kappa shape index (κ3) is 4.66. The summed E-state index contributed by atoms with van der Waals surface area (Å²) in [7, 11) is 1.42. The van der Waals surface area contributed by atoms with Crippen molar-refractivity contribution in [1.82, 2.24) is 4.98 Å². The Morgan fingerprint density at radius 3 is 2.94 bits per heavy atom. The highest BCUT2D eigenvalue weighted by atomic mass is 32.2. The van der Waals surface area contributed by atoms with E-state index in [4.69, 9.17) is 0 Å². The van der Waals surface area contributed by atoms with Gasteiger partial charge in [-0.25, -0.2) is 0 Å². The molecule has 3 nitrogen and oxygen atoms in total. The van der Waals surface area contributed by atoms with Crippen molar-refractivity contribution in [3.8, 4) is 0 Å². The number of carbonyl (C=O) groups is 1. The highest BCUT2D eigenvalue weighted by Crippen LogP contribution is 2.19. The van der Waals surface area contributed by atoms with Crippen molar-refractivity contribution in [1.29, 1.82) is 0 Å². The second-order valence-corrected chi connectivity index (χ2v) is 5.10. The van der Waals surface area contributed by atoms with Crippen LogP contribution in [-0.4, -0.2) is 23.3 Å². The van der Waals surface area contributed by atoms with Gasteiger partial charge in [0.15, 0.2) is 0 Å². The molecule has 0 aliphatic carbocycles. The maximum Gasteiger partial charge on any atom is 0.306 e. The normalized spacial score (nSPS) is 12.2. The largest absolute Gasteiger partial charge is 0.469 e. The third-order valence-corrected chi connectivity index (χ3v) is 3.34. The Morgan fingerprint density at radius 2 is 2.31 bits per heavy atom. The van der Waals surface area contributed by atoms with Crippen LogP contribution in [0, 0.1) is 6.92 Å². The van der Waals surface area contributed by atoms with Gasteiger partial charge in [0, 0.05) is 16.7 Å². The molecule has 0 radical (unpaired) electrons. The highest BCUT2D eigenvalue weighted by Gasteiger charge is 2.09. The summed E-state index contributed by atoms with van der Waals surface area (Å²) >= 11 is 1.72. The molecule has 1 heterocycles. The van der Waals surface area contributed by atoms with E-state index in [1.54, 1.807) is 11.8 Å². The van der Waals surface area contributed by atoms with Crippen LogP contribution >= 0.6 is 11.8 Å². The fourth-order valence-electron chi connectivity index (χ4n) is 1.28. The number of thioether (sulfide) groups is 1. The molecule has 16 heavy (non-hydrogen) atoms. The second-order valence-electron chi connectivity index (χ2n) is 3.67. The second kappa shape index (κ2) is 6.53. The van der Waals surface area contributed by atoms with E-state index in [0.29, 0.717) is 6.42 Å². The van der Waals surface area contributed by atoms with Crippen molar-refractivity contribution < 1.29 is 9.53 Å². The number of nitrogens with zero attached hydrogens (tertiary/aromatic N) is 1. The molecular formula is C12H17NO2S. The first-order valence-electron chi connectivity index (χ1n) is 5.22. The van der Waals surface area contributed by atoms with Gasteiger partial charge in [0.2, 0.25) is 0 Å². The average Bonchev–Trinajstić information content (AvgIpc) is 2.26. The Bertz CT molecular complexity index is 355. The Hall–Kier alpha value is -1.03. The molecule has 1 aromatic heterocycles. The van der Waals surface area contributed by atoms with Gasteiger partial charge in [0.05, 0.1) is 19.2 Å². The van der Waals surface area contributed by atoms with E-state index in [1.807, 2.05) is 32.0 Å². The van der Waals surface area contributed by atoms with Gasteiger partial charge in [-0.1, -0.05) is 13.0 Å². The fourth-order valence-corrected chi connectivity index (χ4v) is 2.15. The van der Waals surface area contributed by atoms with Gasteiger partial charge >= 0.3 is 5.97 Å². The molecule has 0 spiro atoms. The van der Waals surface area contributed by atoms with Gasteiger partial charge in [0.25, 0.3) is 0 Å². The zero-order chi connectivity index (χ0) is 12.0. The van der Waals surface area contributed by atoms with Crippen LogP contribution in [0.25, 0.3) is 0 Å². The zero-order valence-corrected chi connectivity index (χ0v) is 10.7. The number of carbonyl (C=O) groups excluding carboxylic acids is 1. The van der Waals surface area contributed by atoms with Crippen LogP contribution in [-0.2, 0) is 15.3 Å². The number of aromatic nitrogens is 1. The quantitative estimate of drug-likeness (QED) is 0.740. The minimum Gasteiger partial charge on any atom is -0.469 e. The summed E-state index contributed by atoms with van der Waals surface area (Å²) in [4.78, 5) is 15.4. The van der Waals surface area contributed by atoms with Gasteiger partial charge in [-0.2, -0.15) is 11.8 Å². The van der Waals surface area contributed by atoms with E-state index < -0.39 is 0 Å². The summed E-state index contributed by atoms with van der Waals surface area (Å²) in [6.07, 6.45) is 0.451. The summed E-state index contributed by atoms with van der Waals surface area (Å²) in [6.45, 7) is 4.00. The minimum atomic E-state index is -0.155. The molecule has 0 aliphatic heterocycles. The van der Waals surface area contributed by atoms with E-state index in [1.165, 1.54) is 7.11 Å². The predicted molar refractivity (Wildman–Crippen MR) is 66.4 cm³/mol. The summed E-state index contributed by atoms with van der Waals surface area (Å²) in [6, 6.07) is 5.99. The maximum absolute atomic E-state index is 11.0. The van der Waals surface area contributed by atoms with E-state index in [9.17, 15) is 4.79 Å². The zero-order valence-electron chi connectivity index (χ0n) is 9.90. The van der Waals surface area contributed by atoms with Crippen LogP contribution in [0.4, 0.5) is 0 Å². The summed E-state index contributed by atoms with van der Waals surface area (Å²) in [5.74, 6) is 0.678. The van der Waals surface area contributed by atoms with Crippen LogP contribution in [0.2, 0.25) is 0 Å². The molecule has 0 fully saturated rings. The Morgan fingerprint density at radius 1 is 1.56 bits per heavy atom. The predicted octanol–water partition coefficient (Wildman–Crippen LogP) is 2.57. The number of methoxy groups -OCH3 is 1. The Balaban J connectivity index is 2.37. The molecule has 0 saturated carbocycles. The van der Waals surface area contributed by atoms with E-state index in [2.05, 4.69) is 9.72 Å². The van der Waals surface area contributed by atoms with Gasteiger partial charge in [-0.3, -0.25) is 9.78 Å². The lowest BCUT2D eigenvalue weighted by molar-refractivity contribution is -0.140. The molecule has 1 atom stereocenters. The van der Waals surface area contributed by atoms with Crippen molar-refractivity contribution in [2.45, 2.75) is 31.3 Å². The first-order chi connectivity index (χ1) is 7.61. The molecule has 0 N–H and O–H groups in total. The monoisotopic (exact) mass is 239 g/mol. The maximum atomic E-state index is 11.0. The molecule has 1 rings (SSSR count). The van der Waals surface area contributed by atoms with Crippen LogP contribution in [0.3, 0.4) is 0 Å². The molecular weight excluding hydrogens is 222 g/mol. The van der Waals surface area contributed by atoms with E-state index >= 15 is 0 Å². The fraction of sp³-hybridized carbons (Fsp3) is 0.500. The Labute approximate surface area is 101 Å². The van der Waals surface area contributed by atoms with Crippen LogP contribution in [0.1, 0.15) is 24.7 Å². The van der Waals surface area contributed by atoms with Gasteiger partial charge in [-0.15, -0.1) is 0 Å². The number of hydrogen-bond acceptors (Lipinski definition) is 4. The SMILES string of the molecule is COC(=O)CC(C)SCc1cccc(C)n1. The molecule has 4 heteroatoms. The van der Waals surface area contributed by atoms with E-state index in [0.717, 1.165) is 17.1 Å². The van der Waals surface area contributed by atoms with Crippen LogP contribution in [0.5, 0.6) is 0 Å². The van der Waals surface area contributed by atoms with Crippen molar-refractivity contribution in [3.05, 3.63) is 29.6 Å². The molecule has 0 amide bonds.